The molecule has 11 heteroatoms. The number of nitrogens with zero attached hydrogens (tertiary/aromatic N) is 3. The SMILES string of the molecule is CCCCN(C)S(=O)(=O)c1ccc(C(=O)N(Cc2ccccc2)c2nc3c(C(F)(F)F)cccc3s2)cc1. The third kappa shape index (κ3) is 5.90. The molecular formula is C27H26F3N3O3S2. The van der Waals surface area contributed by atoms with E-state index in [2.05, 4.69) is 4.98 Å². The largest absolute Gasteiger partial charge is 0.418 e. The van der Waals surface area contributed by atoms with Crippen molar-refractivity contribution in [2.24, 2.45) is 0 Å². The zero-order chi connectivity index (χ0) is 27.5. The topological polar surface area (TPSA) is 70.6 Å². The number of alkyl halides is 3. The number of hydrogen-bond donors (Lipinski definition) is 0. The summed E-state index contributed by atoms with van der Waals surface area (Å²) in [5, 5.41) is 0.113. The summed E-state index contributed by atoms with van der Waals surface area (Å²) in [6.45, 7) is 2.42. The monoisotopic (exact) mass is 561 g/mol. The van der Waals surface area contributed by atoms with Crippen LogP contribution in [-0.4, -0.2) is 37.2 Å². The number of fused-ring (bicyclic) bond motifs is 1. The Morgan fingerprint density at radius 3 is 2.29 bits per heavy atom. The Kier molecular flexibility index (Phi) is 8.19. The molecule has 0 spiro atoms. The van der Waals surface area contributed by atoms with Gasteiger partial charge in [0.05, 0.1) is 27.2 Å². The van der Waals surface area contributed by atoms with Crippen LogP contribution in [0.2, 0.25) is 0 Å². The fourth-order valence-corrected chi connectivity index (χ4v) is 6.08. The molecule has 1 aromatic heterocycles. The van der Waals surface area contributed by atoms with Crippen molar-refractivity contribution in [1.29, 1.82) is 0 Å². The van der Waals surface area contributed by atoms with Gasteiger partial charge in [-0.2, -0.15) is 13.2 Å². The second-order valence-electron chi connectivity index (χ2n) is 8.73. The van der Waals surface area contributed by atoms with Gasteiger partial charge in [-0.25, -0.2) is 17.7 Å². The Balaban J connectivity index is 1.71. The number of amides is 1. The second-order valence-corrected chi connectivity index (χ2v) is 11.8. The fourth-order valence-electron chi connectivity index (χ4n) is 3.88. The summed E-state index contributed by atoms with van der Waals surface area (Å²) in [7, 11) is -2.21. The molecule has 4 rings (SSSR count). The van der Waals surface area contributed by atoms with E-state index in [0.29, 0.717) is 11.2 Å². The lowest BCUT2D eigenvalue weighted by atomic mass is 10.1. The van der Waals surface area contributed by atoms with Crippen LogP contribution in [0.3, 0.4) is 0 Å². The van der Waals surface area contributed by atoms with Gasteiger partial charge in [-0.1, -0.05) is 61.1 Å². The lowest BCUT2D eigenvalue weighted by Crippen LogP contribution is -2.30. The number of para-hydroxylation sites is 1. The molecule has 1 heterocycles. The average molecular weight is 562 g/mol. The van der Waals surface area contributed by atoms with E-state index >= 15 is 0 Å². The number of rotatable bonds is 9. The van der Waals surface area contributed by atoms with Crippen LogP contribution in [0.5, 0.6) is 0 Å². The Hall–Kier alpha value is -3.28. The molecule has 0 unspecified atom stereocenters. The minimum Gasteiger partial charge on any atom is -0.279 e. The maximum atomic E-state index is 13.7. The molecule has 200 valence electrons. The van der Waals surface area contributed by atoms with Gasteiger partial charge in [0.15, 0.2) is 5.13 Å². The van der Waals surface area contributed by atoms with Gasteiger partial charge in [0.2, 0.25) is 10.0 Å². The van der Waals surface area contributed by atoms with Gasteiger partial charge < -0.3 is 0 Å². The molecule has 0 aliphatic carbocycles. The number of thiazole rings is 1. The quantitative estimate of drug-likeness (QED) is 0.231. The van der Waals surface area contributed by atoms with Gasteiger partial charge in [0.1, 0.15) is 0 Å². The van der Waals surface area contributed by atoms with Crippen LogP contribution in [0.15, 0.2) is 77.7 Å². The number of benzene rings is 3. The molecular weight excluding hydrogens is 535 g/mol. The summed E-state index contributed by atoms with van der Waals surface area (Å²) < 4.78 is 68.1. The number of anilines is 1. The first kappa shape index (κ1) is 27.7. The van der Waals surface area contributed by atoms with Gasteiger partial charge in [-0.05, 0) is 48.4 Å². The van der Waals surface area contributed by atoms with Crippen LogP contribution in [0.25, 0.3) is 10.2 Å². The minimum atomic E-state index is -4.59. The molecule has 0 aliphatic rings. The van der Waals surface area contributed by atoms with Crippen LogP contribution in [-0.2, 0) is 22.7 Å². The molecule has 0 aliphatic heterocycles. The summed E-state index contributed by atoms with van der Waals surface area (Å²) in [5.41, 5.74) is -0.145. The van der Waals surface area contributed by atoms with Gasteiger partial charge in [0, 0.05) is 19.2 Å². The van der Waals surface area contributed by atoms with E-state index < -0.39 is 27.7 Å². The highest BCUT2D eigenvalue weighted by Crippen LogP contribution is 2.39. The number of hydrogen-bond acceptors (Lipinski definition) is 5. The van der Waals surface area contributed by atoms with E-state index in [9.17, 15) is 26.4 Å². The molecule has 0 N–H and O–H groups in total. The minimum absolute atomic E-state index is 0.0528. The highest BCUT2D eigenvalue weighted by atomic mass is 32.2. The lowest BCUT2D eigenvalue weighted by molar-refractivity contribution is -0.136. The highest BCUT2D eigenvalue weighted by molar-refractivity contribution is 7.89. The summed E-state index contributed by atoms with van der Waals surface area (Å²) in [4.78, 5) is 19.3. The Morgan fingerprint density at radius 2 is 1.66 bits per heavy atom. The fraction of sp³-hybridized carbons (Fsp3) is 0.259. The summed E-state index contributed by atoms with van der Waals surface area (Å²) in [6.07, 6.45) is -3.02. The molecule has 6 nitrogen and oxygen atoms in total. The van der Waals surface area contributed by atoms with Crippen molar-refractivity contribution in [2.45, 2.75) is 37.4 Å². The number of carbonyl (C=O) groups is 1. The van der Waals surface area contributed by atoms with E-state index in [1.165, 1.54) is 52.7 Å². The van der Waals surface area contributed by atoms with Crippen molar-refractivity contribution in [3.63, 3.8) is 0 Å². The predicted molar refractivity (Wildman–Crippen MR) is 143 cm³/mol. The van der Waals surface area contributed by atoms with E-state index in [1.807, 2.05) is 13.0 Å². The number of unbranched alkanes of at least 4 members (excludes halogenated alkanes) is 1. The van der Waals surface area contributed by atoms with E-state index in [4.69, 9.17) is 0 Å². The van der Waals surface area contributed by atoms with Crippen molar-refractivity contribution in [2.75, 3.05) is 18.5 Å². The van der Waals surface area contributed by atoms with Crippen molar-refractivity contribution < 1.29 is 26.4 Å². The van der Waals surface area contributed by atoms with E-state index in [1.54, 1.807) is 24.3 Å². The Morgan fingerprint density at radius 1 is 0.974 bits per heavy atom. The zero-order valence-corrected chi connectivity index (χ0v) is 22.4. The van der Waals surface area contributed by atoms with Crippen LogP contribution >= 0.6 is 11.3 Å². The molecule has 0 fully saturated rings. The summed E-state index contributed by atoms with van der Waals surface area (Å²) in [5.74, 6) is -0.509. The highest BCUT2D eigenvalue weighted by Gasteiger charge is 2.34. The number of carbonyl (C=O) groups excluding carboxylic acids is 1. The summed E-state index contributed by atoms with van der Waals surface area (Å²) in [6, 6.07) is 18.4. The molecule has 1 amide bonds. The third-order valence-electron chi connectivity index (χ3n) is 6.01. The summed E-state index contributed by atoms with van der Waals surface area (Å²) >= 11 is 0.988. The normalized spacial score (nSPS) is 12.3. The van der Waals surface area contributed by atoms with Crippen molar-refractivity contribution >= 4 is 42.6 Å². The molecule has 3 aromatic carbocycles. The standard InChI is InChI=1S/C27H26F3N3O3S2/c1-3-4-17-32(2)38(35,36)21-15-13-20(14-16-21)25(34)33(18-19-9-6-5-7-10-19)26-31-24-22(27(28,29)30)11-8-12-23(24)37-26/h5-16H,3-4,17-18H2,1-2H3. The first-order chi connectivity index (χ1) is 18.0. The second kappa shape index (κ2) is 11.2. The van der Waals surface area contributed by atoms with Crippen LogP contribution < -0.4 is 4.90 Å². The number of aromatic nitrogens is 1. The third-order valence-corrected chi connectivity index (χ3v) is 8.92. The predicted octanol–water partition coefficient (Wildman–Crippen LogP) is 6.58. The lowest BCUT2D eigenvalue weighted by Gasteiger charge is -2.21. The molecule has 0 bridgehead atoms. The van der Waals surface area contributed by atoms with Crippen LogP contribution in [0.4, 0.5) is 18.3 Å². The van der Waals surface area contributed by atoms with Crippen molar-refractivity contribution in [3.05, 3.63) is 89.5 Å². The first-order valence-corrected chi connectivity index (χ1v) is 14.2. The molecule has 38 heavy (non-hydrogen) atoms. The van der Waals surface area contributed by atoms with Gasteiger partial charge in [0.25, 0.3) is 5.91 Å². The smallest absolute Gasteiger partial charge is 0.279 e. The maximum Gasteiger partial charge on any atom is 0.418 e. The Labute approximate surface area is 223 Å². The number of sulfonamides is 1. The van der Waals surface area contributed by atoms with E-state index in [0.717, 1.165) is 35.8 Å². The molecule has 0 saturated heterocycles. The van der Waals surface area contributed by atoms with Gasteiger partial charge in [-0.3, -0.25) is 9.69 Å². The van der Waals surface area contributed by atoms with E-state index in [-0.39, 0.29) is 27.7 Å². The van der Waals surface area contributed by atoms with Crippen LogP contribution in [0, 0.1) is 0 Å². The average Bonchev–Trinajstić information content (AvgIpc) is 3.34. The van der Waals surface area contributed by atoms with Crippen LogP contribution in [0.1, 0.15) is 41.3 Å². The molecule has 0 saturated carbocycles. The molecule has 0 atom stereocenters. The molecule has 4 aromatic rings. The van der Waals surface area contributed by atoms with Crippen molar-refractivity contribution in [3.8, 4) is 0 Å². The first-order valence-electron chi connectivity index (χ1n) is 11.9. The maximum absolute atomic E-state index is 13.7. The van der Waals surface area contributed by atoms with Crippen molar-refractivity contribution in [1.82, 2.24) is 9.29 Å². The van der Waals surface area contributed by atoms with Gasteiger partial charge >= 0.3 is 6.18 Å². The number of halogens is 3. The molecule has 0 radical (unpaired) electrons. The van der Waals surface area contributed by atoms with Gasteiger partial charge in [-0.15, -0.1) is 0 Å². The zero-order valence-electron chi connectivity index (χ0n) is 20.8. The Bertz CT molecular complexity index is 1520.